The van der Waals surface area contributed by atoms with E-state index in [0.29, 0.717) is 11.0 Å². The van der Waals surface area contributed by atoms with Gasteiger partial charge in [0.15, 0.2) is 0 Å². The number of hydrogen-bond acceptors (Lipinski definition) is 3. The summed E-state index contributed by atoms with van der Waals surface area (Å²) in [6, 6.07) is 0.227. The molecule has 0 heterocycles. The Bertz CT molecular complexity index is 172. The highest BCUT2D eigenvalue weighted by Gasteiger charge is 2.08. The Morgan fingerprint density at radius 1 is 1.36 bits per heavy atom. The SMILES string of the molecule is CC(CN(C)C)NC(=O)CSC(C)C. The fraction of sp³-hybridized carbons (Fsp3) is 0.900. The Morgan fingerprint density at radius 3 is 2.36 bits per heavy atom. The molecule has 1 N–H and O–H groups in total. The fourth-order valence-corrected chi connectivity index (χ4v) is 1.72. The molecule has 0 aromatic carbocycles. The van der Waals surface area contributed by atoms with E-state index in [0.717, 1.165) is 6.54 Å². The molecule has 1 unspecified atom stereocenters. The number of nitrogens with one attached hydrogen (secondary N) is 1. The maximum absolute atomic E-state index is 11.4. The zero-order valence-corrected chi connectivity index (χ0v) is 10.6. The number of rotatable bonds is 6. The molecule has 1 atom stereocenters. The molecule has 0 spiro atoms. The molecule has 0 saturated heterocycles. The van der Waals surface area contributed by atoms with E-state index in [1.807, 2.05) is 21.0 Å². The third-order valence-corrected chi connectivity index (χ3v) is 2.69. The van der Waals surface area contributed by atoms with Crippen molar-refractivity contribution >= 4 is 17.7 Å². The van der Waals surface area contributed by atoms with E-state index in [9.17, 15) is 4.79 Å². The molecule has 84 valence electrons. The quantitative estimate of drug-likeness (QED) is 0.727. The zero-order chi connectivity index (χ0) is 11.1. The van der Waals surface area contributed by atoms with Gasteiger partial charge in [-0.1, -0.05) is 13.8 Å². The lowest BCUT2D eigenvalue weighted by atomic mass is 10.3. The standard InChI is InChI=1S/C10H22N2OS/c1-8(2)14-7-10(13)11-9(3)6-12(4)5/h8-9H,6-7H2,1-5H3,(H,11,13). The molecule has 0 bridgehead atoms. The molecule has 1 amide bonds. The molecule has 0 aromatic heterocycles. The third kappa shape index (κ3) is 8.38. The van der Waals surface area contributed by atoms with Gasteiger partial charge >= 0.3 is 0 Å². The molecule has 4 heteroatoms. The van der Waals surface area contributed by atoms with Crippen molar-refractivity contribution in [1.29, 1.82) is 0 Å². The normalized spacial score (nSPS) is 13.4. The molecule has 0 aliphatic rings. The largest absolute Gasteiger partial charge is 0.352 e. The van der Waals surface area contributed by atoms with Gasteiger partial charge in [-0.15, -0.1) is 11.8 Å². The summed E-state index contributed by atoms with van der Waals surface area (Å²) in [6.07, 6.45) is 0. The van der Waals surface area contributed by atoms with Crippen molar-refractivity contribution in [3.63, 3.8) is 0 Å². The number of thioether (sulfide) groups is 1. The third-order valence-electron chi connectivity index (χ3n) is 1.59. The second-order valence-electron chi connectivity index (χ2n) is 4.09. The van der Waals surface area contributed by atoms with Gasteiger partial charge in [0.25, 0.3) is 0 Å². The molecular formula is C10H22N2OS. The van der Waals surface area contributed by atoms with Crippen molar-refractivity contribution in [3.8, 4) is 0 Å². The van der Waals surface area contributed by atoms with Gasteiger partial charge < -0.3 is 10.2 Å². The van der Waals surface area contributed by atoms with Crippen LogP contribution in [0.15, 0.2) is 0 Å². The van der Waals surface area contributed by atoms with Crippen molar-refractivity contribution in [1.82, 2.24) is 10.2 Å². The molecule has 0 fully saturated rings. The fourth-order valence-electron chi connectivity index (χ4n) is 1.15. The van der Waals surface area contributed by atoms with Crippen LogP contribution in [0.2, 0.25) is 0 Å². The minimum absolute atomic E-state index is 0.137. The van der Waals surface area contributed by atoms with Crippen LogP contribution in [0.3, 0.4) is 0 Å². The van der Waals surface area contributed by atoms with Crippen LogP contribution < -0.4 is 5.32 Å². The Morgan fingerprint density at radius 2 is 1.93 bits per heavy atom. The summed E-state index contributed by atoms with van der Waals surface area (Å²) < 4.78 is 0. The van der Waals surface area contributed by atoms with Crippen LogP contribution in [0.4, 0.5) is 0 Å². The van der Waals surface area contributed by atoms with E-state index in [-0.39, 0.29) is 11.9 Å². The second-order valence-corrected chi connectivity index (χ2v) is 5.66. The van der Waals surface area contributed by atoms with E-state index >= 15 is 0 Å². The monoisotopic (exact) mass is 218 g/mol. The van der Waals surface area contributed by atoms with Crippen LogP contribution in [0, 0.1) is 0 Å². The lowest BCUT2D eigenvalue weighted by molar-refractivity contribution is -0.119. The van der Waals surface area contributed by atoms with Crippen LogP contribution in [-0.2, 0) is 4.79 Å². The van der Waals surface area contributed by atoms with Crippen molar-refractivity contribution in [2.45, 2.75) is 32.1 Å². The van der Waals surface area contributed by atoms with Crippen LogP contribution >= 0.6 is 11.8 Å². The van der Waals surface area contributed by atoms with Crippen molar-refractivity contribution in [2.75, 3.05) is 26.4 Å². The first-order chi connectivity index (χ1) is 6.41. The summed E-state index contributed by atoms with van der Waals surface area (Å²) in [5.41, 5.74) is 0. The maximum atomic E-state index is 11.4. The van der Waals surface area contributed by atoms with Crippen LogP contribution in [-0.4, -0.2) is 48.5 Å². The predicted octanol–water partition coefficient (Wildman–Crippen LogP) is 1.19. The molecule has 0 aromatic rings. The molecule has 0 rings (SSSR count). The molecule has 0 aliphatic heterocycles. The molecule has 14 heavy (non-hydrogen) atoms. The number of amides is 1. The van der Waals surface area contributed by atoms with E-state index < -0.39 is 0 Å². The van der Waals surface area contributed by atoms with Gasteiger partial charge in [0.2, 0.25) is 5.91 Å². The molecular weight excluding hydrogens is 196 g/mol. The molecule has 0 radical (unpaired) electrons. The number of carbonyl (C=O) groups excluding carboxylic acids is 1. The van der Waals surface area contributed by atoms with Crippen LogP contribution in [0.1, 0.15) is 20.8 Å². The Hall–Kier alpha value is -0.220. The minimum Gasteiger partial charge on any atom is -0.352 e. The Labute approximate surface area is 91.6 Å². The first kappa shape index (κ1) is 13.8. The Balaban J connectivity index is 3.60. The van der Waals surface area contributed by atoms with Crippen molar-refractivity contribution in [2.24, 2.45) is 0 Å². The number of carbonyl (C=O) groups is 1. The first-order valence-corrected chi connectivity index (χ1v) is 6.02. The minimum atomic E-state index is 0.137. The highest BCUT2D eigenvalue weighted by Crippen LogP contribution is 2.07. The first-order valence-electron chi connectivity index (χ1n) is 4.97. The lowest BCUT2D eigenvalue weighted by Crippen LogP contribution is -2.40. The summed E-state index contributed by atoms with van der Waals surface area (Å²) in [4.78, 5) is 13.5. The lowest BCUT2D eigenvalue weighted by Gasteiger charge is -2.18. The van der Waals surface area contributed by atoms with Gasteiger partial charge in [0, 0.05) is 12.6 Å². The van der Waals surface area contributed by atoms with E-state index in [4.69, 9.17) is 0 Å². The summed E-state index contributed by atoms with van der Waals surface area (Å²) in [6.45, 7) is 7.11. The smallest absolute Gasteiger partial charge is 0.230 e. The van der Waals surface area contributed by atoms with Crippen LogP contribution in [0.25, 0.3) is 0 Å². The summed E-state index contributed by atoms with van der Waals surface area (Å²) in [7, 11) is 4.01. The van der Waals surface area contributed by atoms with E-state index in [1.54, 1.807) is 11.8 Å². The Kier molecular flexibility index (Phi) is 7.01. The highest BCUT2D eigenvalue weighted by molar-refractivity contribution is 8.00. The van der Waals surface area contributed by atoms with Gasteiger partial charge in [-0.3, -0.25) is 4.79 Å². The van der Waals surface area contributed by atoms with E-state index in [1.165, 1.54) is 0 Å². The summed E-state index contributed by atoms with van der Waals surface area (Å²) >= 11 is 1.67. The van der Waals surface area contributed by atoms with Crippen LogP contribution in [0.5, 0.6) is 0 Å². The van der Waals surface area contributed by atoms with Gasteiger partial charge in [0.05, 0.1) is 5.75 Å². The predicted molar refractivity (Wildman–Crippen MR) is 63.8 cm³/mol. The van der Waals surface area contributed by atoms with Crippen molar-refractivity contribution < 1.29 is 4.79 Å². The summed E-state index contributed by atoms with van der Waals surface area (Å²) in [5, 5.41) is 3.48. The average molecular weight is 218 g/mol. The molecule has 3 nitrogen and oxygen atoms in total. The zero-order valence-electron chi connectivity index (χ0n) is 9.83. The highest BCUT2D eigenvalue weighted by atomic mass is 32.2. The molecule has 0 aliphatic carbocycles. The van der Waals surface area contributed by atoms with Crippen molar-refractivity contribution in [3.05, 3.63) is 0 Å². The van der Waals surface area contributed by atoms with E-state index in [2.05, 4.69) is 24.1 Å². The van der Waals surface area contributed by atoms with Gasteiger partial charge in [-0.2, -0.15) is 0 Å². The summed E-state index contributed by atoms with van der Waals surface area (Å²) in [5.74, 6) is 0.702. The molecule has 0 saturated carbocycles. The number of nitrogens with zero attached hydrogens (tertiary/aromatic N) is 1. The van der Waals surface area contributed by atoms with Gasteiger partial charge in [-0.05, 0) is 26.3 Å². The average Bonchev–Trinajstić information content (AvgIpc) is 1.98. The maximum Gasteiger partial charge on any atom is 0.230 e. The number of hydrogen-bond donors (Lipinski definition) is 1. The number of likely N-dealkylation sites (N-methyl/N-ethyl adjacent to an activating group) is 1. The van der Waals surface area contributed by atoms with Gasteiger partial charge in [-0.25, -0.2) is 0 Å². The second kappa shape index (κ2) is 7.12. The topological polar surface area (TPSA) is 32.3 Å². The van der Waals surface area contributed by atoms with Gasteiger partial charge in [0.1, 0.15) is 0 Å².